The van der Waals surface area contributed by atoms with E-state index in [0.29, 0.717) is 0 Å². The molecule has 78 valence electrons. The molecule has 0 saturated carbocycles. The lowest BCUT2D eigenvalue weighted by molar-refractivity contribution is 0.526. The van der Waals surface area contributed by atoms with Gasteiger partial charge in [0.05, 0.1) is 16.9 Å². The Labute approximate surface area is 91.8 Å². The summed E-state index contributed by atoms with van der Waals surface area (Å²) in [6.07, 6.45) is 1.68. The first-order chi connectivity index (χ1) is 7.22. The van der Waals surface area contributed by atoms with Crippen LogP contribution in [-0.2, 0) is 17.3 Å². The highest BCUT2D eigenvalue weighted by Crippen LogP contribution is 2.23. The molecule has 1 aliphatic rings. The number of hydrogen-bond acceptors (Lipinski definition) is 3. The zero-order valence-corrected chi connectivity index (χ0v) is 9.33. The molecule has 1 saturated heterocycles. The predicted molar refractivity (Wildman–Crippen MR) is 58.6 cm³/mol. The predicted octanol–water partition coefficient (Wildman–Crippen LogP) is 1.13. The van der Waals surface area contributed by atoms with Gasteiger partial charge in [-0.15, -0.1) is 0 Å². The van der Waals surface area contributed by atoms with Crippen molar-refractivity contribution in [3.8, 4) is 6.07 Å². The van der Waals surface area contributed by atoms with Crippen molar-refractivity contribution >= 4 is 10.8 Å². The number of nitriles is 1. The van der Waals surface area contributed by atoms with E-state index in [0.717, 1.165) is 23.5 Å². The van der Waals surface area contributed by atoms with Crippen LogP contribution in [0.3, 0.4) is 0 Å². The van der Waals surface area contributed by atoms with Crippen LogP contribution in [0.5, 0.6) is 0 Å². The van der Waals surface area contributed by atoms with E-state index in [4.69, 9.17) is 5.26 Å². The molecule has 3 unspecified atom stereocenters. The molecule has 3 nitrogen and oxygen atoms in total. The van der Waals surface area contributed by atoms with Crippen molar-refractivity contribution in [1.29, 1.82) is 5.26 Å². The van der Waals surface area contributed by atoms with Crippen LogP contribution in [0.4, 0.5) is 0 Å². The Kier molecular flexibility index (Phi) is 2.85. The number of nitrogens with zero attached hydrogens (tertiary/aromatic N) is 2. The van der Waals surface area contributed by atoms with Crippen molar-refractivity contribution in [2.24, 2.45) is 0 Å². The first-order valence-corrected chi connectivity index (χ1v) is 6.33. The van der Waals surface area contributed by atoms with Crippen LogP contribution in [0.1, 0.15) is 5.56 Å². The Morgan fingerprint density at radius 2 is 2.33 bits per heavy atom. The zero-order valence-electron chi connectivity index (χ0n) is 8.51. The average Bonchev–Trinajstić information content (AvgIpc) is 2.97. The van der Waals surface area contributed by atoms with Gasteiger partial charge in [0.25, 0.3) is 0 Å². The van der Waals surface area contributed by atoms with Crippen molar-refractivity contribution in [3.05, 3.63) is 29.8 Å². The van der Waals surface area contributed by atoms with Crippen molar-refractivity contribution in [1.82, 2.24) is 4.90 Å². The number of hydrogen-bond donors (Lipinski definition) is 0. The van der Waals surface area contributed by atoms with E-state index in [1.54, 1.807) is 6.26 Å². The molecule has 15 heavy (non-hydrogen) atoms. The molecule has 1 fully saturated rings. The van der Waals surface area contributed by atoms with Gasteiger partial charge in [-0.25, -0.2) is 0 Å². The maximum atomic E-state index is 11.4. The second-order valence-electron chi connectivity index (χ2n) is 3.64. The fraction of sp³-hybridized carbons (Fsp3) is 0.364. The van der Waals surface area contributed by atoms with Gasteiger partial charge < -0.3 is 0 Å². The van der Waals surface area contributed by atoms with Crippen LogP contribution in [0.25, 0.3) is 0 Å². The van der Waals surface area contributed by atoms with Crippen LogP contribution in [-0.4, -0.2) is 28.0 Å². The average molecular weight is 220 g/mol. The molecule has 0 bridgehead atoms. The van der Waals surface area contributed by atoms with Crippen LogP contribution in [0.2, 0.25) is 0 Å². The van der Waals surface area contributed by atoms with Crippen molar-refractivity contribution in [3.63, 3.8) is 0 Å². The molecule has 1 heterocycles. The van der Waals surface area contributed by atoms with Gasteiger partial charge in [-0.3, -0.25) is 9.11 Å². The Hall–Kier alpha value is -1.18. The molecule has 0 aliphatic carbocycles. The molecule has 0 radical (unpaired) electrons. The highest BCUT2D eigenvalue weighted by atomic mass is 32.2. The largest absolute Gasteiger partial charge is 0.280 e. The summed E-state index contributed by atoms with van der Waals surface area (Å²) in [5, 5.41) is 8.68. The summed E-state index contributed by atoms with van der Waals surface area (Å²) in [7, 11) is -0.952. The minimum atomic E-state index is -0.952. The highest BCUT2D eigenvalue weighted by Gasteiger charge is 2.34. The van der Waals surface area contributed by atoms with Crippen molar-refractivity contribution < 1.29 is 4.21 Å². The molecule has 1 aliphatic heterocycles. The van der Waals surface area contributed by atoms with Crippen molar-refractivity contribution in [2.75, 3.05) is 12.8 Å². The summed E-state index contributed by atoms with van der Waals surface area (Å²) in [5.74, 6) is 0. The van der Waals surface area contributed by atoms with E-state index >= 15 is 0 Å². The molecule has 2 rings (SSSR count). The second-order valence-corrected chi connectivity index (χ2v) is 4.98. The number of rotatable bonds is 3. The third kappa shape index (κ3) is 2.25. The van der Waals surface area contributed by atoms with E-state index in [1.165, 1.54) is 0 Å². The van der Waals surface area contributed by atoms with E-state index < -0.39 is 10.8 Å². The molecule has 1 aromatic carbocycles. The van der Waals surface area contributed by atoms with Crippen LogP contribution in [0, 0.1) is 11.3 Å². The molecule has 1 aromatic rings. The monoisotopic (exact) mass is 220 g/mol. The lowest BCUT2D eigenvalue weighted by atomic mass is 10.2. The number of benzene rings is 1. The normalized spacial score (nSPS) is 25.6. The minimum Gasteiger partial charge on any atom is -0.280 e. The van der Waals surface area contributed by atoms with Gasteiger partial charge in [-0.2, -0.15) is 5.26 Å². The van der Waals surface area contributed by atoms with Crippen LogP contribution < -0.4 is 0 Å². The van der Waals surface area contributed by atoms with Gasteiger partial charge in [0.2, 0.25) is 0 Å². The summed E-state index contributed by atoms with van der Waals surface area (Å²) in [4.78, 5) is 2.94. The SMILES string of the molecule is CS(=O)c1ccccc1CN1CC1C#N. The zero-order chi connectivity index (χ0) is 10.8. The fourth-order valence-corrected chi connectivity index (χ4v) is 2.38. The Bertz CT molecular complexity index is 438. The van der Waals surface area contributed by atoms with E-state index in [-0.39, 0.29) is 6.04 Å². The standard InChI is InChI=1S/C11H12N2OS/c1-15(14)11-5-3-2-4-9(11)7-13-8-10(13)6-12/h2-5,10H,7-8H2,1H3. The van der Waals surface area contributed by atoms with E-state index in [9.17, 15) is 4.21 Å². The minimum absolute atomic E-state index is 0.0587. The van der Waals surface area contributed by atoms with E-state index in [1.807, 2.05) is 24.3 Å². The van der Waals surface area contributed by atoms with Crippen LogP contribution >= 0.6 is 0 Å². The maximum absolute atomic E-state index is 11.4. The molecule has 0 N–H and O–H groups in total. The van der Waals surface area contributed by atoms with Gasteiger partial charge in [-0.1, -0.05) is 18.2 Å². The third-order valence-corrected chi connectivity index (χ3v) is 3.54. The Morgan fingerprint density at radius 3 is 2.93 bits per heavy atom. The van der Waals surface area contributed by atoms with Gasteiger partial charge in [-0.05, 0) is 11.6 Å². The quantitative estimate of drug-likeness (QED) is 0.717. The molecule has 4 heteroatoms. The molecular weight excluding hydrogens is 208 g/mol. The van der Waals surface area contributed by atoms with Crippen LogP contribution in [0.15, 0.2) is 29.2 Å². The first-order valence-electron chi connectivity index (χ1n) is 4.77. The summed E-state index contributed by atoms with van der Waals surface area (Å²) in [6.45, 7) is 1.56. The van der Waals surface area contributed by atoms with Gasteiger partial charge in [0, 0.05) is 24.2 Å². The fourth-order valence-electron chi connectivity index (χ4n) is 1.61. The topological polar surface area (TPSA) is 43.9 Å². The van der Waals surface area contributed by atoms with Gasteiger partial charge in [0.15, 0.2) is 0 Å². The van der Waals surface area contributed by atoms with Gasteiger partial charge in [0.1, 0.15) is 6.04 Å². The third-order valence-electron chi connectivity index (χ3n) is 2.52. The van der Waals surface area contributed by atoms with Gasteiger partial charge >= 0.3 is 0 Å². The molecule has 3 atom stereocenters. The first kappa shape index (κ1) is 10.3. The maximum Gasteiger partial charge on any atom is 0.111 e. The Morgan fingerprint density at radius 1 is 1.60 bits per heavy atom. The van der Waals surface area contributed by atoms with E-state index in [2.05, 4.69) is 11.0 Å². The summed E-state index contributed by atoms with van der Waals surface area (Å²) in [6, 6.07) is 9.96. The van der Waals surface area contributed by atoms with Crippen molar-refractivity contribution in [2.45, 2.75) is 17.5 Å². The molecule has 0 aromatic heterocycles. The summed E-state index contributed by atoms with van der Waals surface area (Å²) >= 11 is 0. The lowest BCUT2D eigenvalue weighted by Crippen LogP contribution is -2.04. The molecular formula is C11H12N2OS. The Balaban J connectivity index is 2.15. The smallest absolute Gasteiger partial charge is 0.111 e. The summed E-state index contributed by atoms with van der Waals surface area (Å²) in [5.41, 5.74) is 1.07. The summed E-state index contributed by atoms with van der Waals surface area (Å²) < 4.78 is 11.4. The second kappa shape index (κ2) is 4.13. The highest BCUT2D eigenvalue weighted by molar-refractivity contribution is 7.84. The molecule has 0 amide bonds. The lowest BCUT2D eigenvalue weighted by Gasteiger charge is -2.06. The molecule has 0 spiro atoms.